The molecule has 1 N–H and O–H groups in total. The molecule has 0 unspecified atom stereocenters. The normalized spacial score (nSPS) is 13.0. The van der Waals surface area contributed by atoms with Gasteiger partial charge in [0.25, 0.3) is 0 Å². The Morgan fingerprint density at radius 3 is 2.54 bits per heavy atom. The van der Waals surface area contributed by atoms with E-state index in [2.05, 4.69) is 17.4 Å². The van der Waals surface area contributed by atoms with Crippen molar-refractivity contribution in [3.05, 3.63) is 65.2 Å². The Bertz CT molecular complexity index is 771. The Labute approximate surface area is 154 Å². The number of aryl methyl sites for hydroxylation is 1. The average molecular weight is 352 g/mol. The molecule has 0 saturated heterocycles. The molecule has 2 aromatic carbocycles. The van der Waals surface area contributed by atoms with Crippen LogP contribution in [0.15, 0.2) is 48.5 Å². The molecule has 3 rings (SSSR count). The van der Waals surface area contributed by atoms with Gasteiger partial charge in [-0.15, -0.1) is 0 Å². The van der Waals surface area contributed by atoms with Gasteiger partial charge in [0.15, 0.2) is 0 Å². The molecular weight excluding hydrogens is 328 g/mol. The smallest absolute Gasteiger partial charge is 0.242 e. The number of ether oxygens (including phenoxy) is 1. The van der Waals surface area contributed by atoms with E-state index in [1.165, 1.54) is 11.1 Å². The lowest BCUT2D eigenvalue weighted by Gasteiger charge is -2.29. The van der Waals surface area contributed by atoms with E-state index < -0.39 is 0 Å². The van der Waals surface area contributed by atoms with Crippen molar-refractivity contribution in [2.24, 2.45) is 0 Å². The van der Waals surface area contributed by atoms with Crippen LogP contribution in [0, 0.1) is 0 Å². The molecule has 5 nitrogen and oxygen atoms in total. The molecule has 0 spiro atoms. The number of nitrogens with zero attached hydrogens (tertiary/aromatic N) is 1. The summed E-state index contributed by atoms with van der Waals surface area (Å²) in [6.07, 6.45) is 1.87. The number of hydrogen-bond acceptors (Lipinski definition) is 3. The molecule has 0 bridgehead atoms. The fraction of sp³-hybridized carbons (Fsp3) is 0.333. The van der Waals surface area contributed by atoms with Crippen LogP contribution < -0.4 is 10.1 Å². The molecule has 0 atom stereocenters. The summed E-state index contributed by atoms with van der Waals surface area (Å²) in [5.41, 5.74) is 3.57. The molecule has 136 valence electrons. The molecule has 0 radical (unpaired) electrons. The van der Waals surface area contributed by atoms with Crippen molar-refractivity contribution in [2.75, 3.05) is 20.2 Å². The summed E-state index contributed by atoms with van der Waals surface area (Å²) < 4.78 is 5.12. The number of nitrogens with one attached hydrogen (secondary N) is 1. The van der Waals surface area contributed by atoms with Gasteiger partial charge in [-0.1, -0.05) is 36.4 Å². The van der Waals surface area contributed by atoms with Gasteiger partial charge in [-0.05, 0) is 41.7 Å². The molecule has 0 aromatic heterocycles. The standard InChI is InChI=1S/C21H24N2O3/c1-26-19-9-6-16(7-10-19)8-11-20(24)22-14-21(25)23-13-12-17-4-2-3-5-18(17)15-23/h2-7,9-10H,8,11-15H2,1H3,(H,22,24). The molecule has 2 aromatic rings. The van der Waals surface area contributed by atoms with Crippen molar-refractivity contribution in [2.45, 2.75) is 25.8 Å². The van der Waals surface area contributed by atoms with Crippen LogP contribution in [0.4, 0.5) is 0 Å². The van der Waals surface area contributed by atoms with Crippen molar-refractivity contribution >= 4 is 11.8 Å². The second-order valence-corrected chi connectivity index (χ2v) is 6.46. The second-order valence-electron chi connectivity index (χ2n) is 6.46. The first-order valence-corrected chi connectivity index (χ1v) is 8.90. The van der Waals surface area contributed by atoms with Crippen LogP contribution in [0.2, 0.25) is 0 Å². The van der Waals surface area contributed by atoms with Gasteiger partial charge in [0.1, 0.15) is 5.75 Å². The maximum atomic E-state index is 12.4. The lowest BCUT2D eigenvalue weighted by molar-refractivity contribution is -0.133. The second kappa shape index (κ2) is 8.52. The highest BCUT2D eigenvalue weighted by atomic mass is 16.5. The quantitative estimate of drug-likeness (QED) is 0.868. The van der Waals surface area contributed by atoms with Gasteiger partial charge in [-0.2, -0.15) is 0 Å². The summed E-state index contributed by atoms with van der Waals surface area (Å²) in [4.78, 5) is 26.2. The first kappa shape index (κ1) is 18.0. The Morgan fingerprint density at radius 1 is 1.08 bits per heavy atom. The fourth-order valence-electron chi connectivity index (χ4n) is 3.13. The molecule has 0 fully saturated rings. The minimum atomic E-state index is -0.105. The van der Waals surface area contributed by atoms with Gasteiger partial charge >= 0.3 is 0 Å². The Morgan fingerprint density at radius 2 is 1.81 bits per heavy atom. The van der Waals surface area contributed by atoms with E-state index in [-0.39, 0.29) is 18.4 Å². The van der Waals surface area contributed by atoms with Gasteiger partial charge in [0.2, 0.25) is 11.8 Å². The largest absolute Gasteiger partial charge is 0.497 e. The predicted molar refractivity (Wildman–Crippen MR) is 99.9 cm³/mol. The molecule has 1 heterocycles. The Kier molecular flexibility index (Phi) is 5.89. The van der Waals surface area contributed by atoms with E-state index in [0.717, 1.165) is 17.7 Å². The molecule has 0 aliphatic carbocycles. The predicted octanol–water partition coefficient (Wildman–Crippen LogP) is 2.33. The van der Waals surface area contributed by atoms with Gasteiger partial charge in [0.05, 0.1) is 13.7 Å². The fourth-order valence-corrected chi connectivity index (χ4v) is 3.13. The number of carbonyl (C=O) groups excluding carboxylic acids is 2. The third-order valence-corrected chi connectivity index (χ3v) is 4.72. The van der Waals surface area contributed by atoms with Crippen molar-refractivity contribution in [1.29, 1.82) is 0 Å². The van der Waals surface area contributed by atoms with Crippen LogP contribution in [0.5, 0.6) is 5.75 Å². The van der Waals surface area contributed by atoms with Crippen LogP contribution in [0.3, 0.4) is 0 Å². The maximum Gasteiger partial charge on any atom is 0.242 e. The molecule has 1 aliphatic heterocycles. The van der Waals surface area contributed by atoms with Crippen molar-refractivity contribution < 1.29 is 14.3 Å². The van der Waals surface area contributed by atoms with Crippen molar-refractivity contribution in [3.8, 4) is 5.75 Å². The highest BCUT2D eigenvalue weighted by molar-refractivity contribution is 5.85. The van der Waals surface area contributed by atoms with E-state index in [9.17, 15) is 9.59 Å². The number of benzene rings is 2. The van der Waals surface area contributed by atoms with E-state index in [1.54, 1.807) is 7.11 Å². The van der Waals surface area contributed by atoms with Crippen LogP contribution in [-0.2, 0) is 29.0 Å². The summed E-state index contributed by atoms with van der Waals surface area (Å²) in [7, 11) is 1.63. The third kappa shape index (κ3) is 4.63. The monoisotopic (exact) mass is 352 g/mol. The highest BCUT2D eigenvalue weighted by Gasteiger charge is 2.20. The Balaban J connectivity index is 1.42. The number of rotatable bonds is 6. The summed E-state index contributed by atoms with van der Waals surface area (Å²) in [5, 5.41) is 2.74. The van der Waals surface area contributed by atoms with Gasteiger partial charge in [-0.3, -0.25) is 9.59 Å². The van der Waals surface area contributed by atoms with Gasteiger partial charge in [-0.25, -0.2) is 0 Å². The third-order valence-electron chi connectivity index (χ3n) is 4.72. The number of carbonyl (C=O) groups is 2. The molecule has 1 aliphatic rings. The SMILES string of the molecule is COc1ccc(CCC(=O)NCC(=O)N2CCc3ccccc3C2)cc1. The first-order chi connectivity index (χ1) is 12.7. The molecule has 2 amide bonds. The number of hydrogen-bond donors (Lipinski definition) is 1. The lowest BCUT2D eigenvalue weighted by Crippen LogP contribution is -2.42. The van der Waals surface area contributed by atoms with Gasteiger partial charge in [0, 0.05) is 19.5 Å². The van der Waals surface area contributed by atoms with E-state index >= 15 is 0 Å². The van der Waals surface area contributed by atoms with Crippen LogP contribution in [0.25, 0.3) is 0 Å². The summed E-state index contributed by atoms with van der Waals surface area (Å²) in [5.74, 6) is 0.663. The summed E-state index contributed by atoms with van der Waals surface area (Å²) >= 11 is 0. The maximum absolute atomic E-state index is 12.4. The molecule has 0 saturated carbocycles. The minimum absolute atomic E-state index is 0.0303. The zero-order valence-electron chi connectivity index (χ0n) is 15.0. The molecular formula is C21H24N2O3. The van der Waals surface area contributed by atoms with Crippen molar-refractivity contribution in [3.63, 3.8) is 0 Å². The zero-order chi connectivity index (χ0) is 18.4. The van der Waals surface area contributed by atoms with E-state index in [4.69, 9.17) is 4.74 Å². The van der Waals surface area contributed by atoms with E-state index in [1.807, 2.05) is 41.3 Å². The molecule has 5 heteroatoms. The average Bonchev–Trinajstić information content (AvgIpc) is 2.70. The highest BCUT2D eigenvalue weighted by Crippen LogP contribution is 2.18. The summed E-state index contributed by atoms with van der Waals surface area (Å²) in [6, 6.07) is 15.8. The summed E-state index contributed by atoms with van der Waals surface area (Å²) in [6.45, 7) is 1.39. The number of amides is 2. The molecule has 26 heavy (non-hydrogen) atoms. The van der Waals surface area contributed by atoms with Crippen molar-refractivity contribution in [1.82, 2.24) is 10.2 Å². The van der Waals surface area contributed by atoms with Crippen LogP contribution >= 0.6 is 0 Å². The number of methoxy groups -OCH3 is 1. The van der Waals surface area contributed by atoms with Crippen LogP contribution in [0.1, 0.15) is 23.1 Å². The Hall–Kier alpha value is -2.82. The lowest BCUT2D eigenvalue weighted by atomic mass is 10.00. The van der Waals surface area contributed by atoms with E-state index in [0.29, 0.717) is 25.9 Å². The minimum Gasteiger partial charge on any atom is -0.497 e. The topological polar surface area (TPSA) is 58.6 Å². The van der Waals surface area contributed by atoms with Crippen LogP contribution in [-0.4, -0.2) is 36.9 Å². The number of fused-ring (bicyclic) bond motifs is 1. The van der Waals surface area contributed by atoms with Gasteiger partial charge < -0.3 is 15.0 Å². The zero-order valence-corrected chi connectivity index (χ0v) is 15.0. The first-order valence-electron chi connectivity index (χ1n) is 8.90.